The van der Waals surface area contributed by atoms with Crippen molar-refractivity contribution in [3.8, 4) is 23.0 Å². The molecule has 1 N–H and O–H groups in total. The molecule has 0 bridgehead atoms. The highest BCUT2D eigenvalue weighted by Crippen LogP contribution is 2.35. The Kier molecular flexibility index (Phi) is 7.76. The predicted molar refractivity (Wildman–Crippen MR) is 137 cm³/mol. The van der Waals surface area contributed by atoms with Crippen LogP contribution in [0, 0.1) is 30.0 Å². The number of anilines is 1. The third kappa shape index (κ3) is 6.29. The van der Waals surface area contributed by atoms with Crippen LogP contribution in [0.5, 0.6) is 0 Å². The molecule has 0 saturated carbocycles. The lowest BCUT2D eigenvalue weighted by Gasteiger charge is -2.16. The fourth-order valence-electron chi connectivity index (χ4n) is 3.94. The Morgan fingerprint density at radius 2 is 1.92 bits per heavy atom. The molecule has 11 heteroatoms. The number of aromatic nitrogens is 4. The highest BCUT2D eigenvalue weighted by atomic mass is 19.4. The van der Waals surface area contributed by atoms with Gasteiger partial charge in [-0.25, -0.2) is 9.07 Å². The Balaban J connectivity index is 1.63. The molecule has 39 heavy (non-hydrogen) atoms. The van der Waals surface area contributed by atoms with Gasteiger partial charge in [-0.1, -0.05) is 25.1 Å². The van der Waals surface area contributed by atoms with Crippen LogP contribution >= 0.6 is 0 Å². The molecule has 4 aromatic rings. The molecule has 200 valence electrons. The van der Waals surface area contributed by atoms with Gasteiger partial charge in [-0.2, -0.15) is 18.4 Å². The number of carbonyl (C=O) groups excluding carboxylic acids is 1. The minimum Gasteiger partial charge on any atom is -0.322 e. The van der Waals surface area contributed by atoms with Crippen molar-refractivity contribution < 1.29 is 22.4 Å². The Bertz CT molecular complexity index is 1570. The molecule has 2 aromatic heterocycles. The van der Waals surface area contributed by atoms with E-state index in [1.54, 1.807) is 31.5 Å². The van der Waals surface area contributed by atoms with E-state index in [-0.39, 0.29) is 29.2 Å². The van der Waals surface area contributed by atoms with Crippen LogP contribution in [0.15, 0.2) is 55.0 Å². The second-order valence-electron chi connectivity index (χ2n) is 9.51. The van der Waals surface area contributed by atoms with E-state index in [0.717, 1.165) is 5.56 Å². The summed E-state index contributed by atoms with van der Waals surface area (Å²) in [4.78, 5) is 17.1. The number of hydrogen-bond donors (Lipinski definition) is 1. The summed E-state index contributed by atoms with van der Waals surface area (Å²) < 4.78 is 56.7. The number of nitriles is 1. The highest BCUT2D eigenvalue weighted by Gasteiger charge is 2.35. The summed E-state index contributed by atoms with van der Waals surface area (Å²) in [6, 6.07) is 10.2. The maximum atomic E-state index is 14.6. The normalized spacial score (nSPS) is 11.5. The Hall–Kier alpha value is -4.59. The van der Waals surface area contributed by atoms with Gasteiger partial charge < -0.3 is 5.32 Å². The van der Waals surface area contributed by atoms with E-state index in [1.807, 2.05) is 19.9 Å². The van der Waals surface area contributed by atoms with Gasteiger partial charge in [0.15, 0.2) is 0 Å². The Morgan fingerprint density at radius 3 is 2.62 bits per heavy atom. The molecule has 4 rings (SSSR count). The standard InChI is InChI=1S/C28H24F4N6O/c1-16(2)4-6-19-9-22(11-23(26(19)29)28(30,31)32)35-27(39)20-7-5-17(3)25(10-20)38-15-24(36-37-38)21-8-18(12-33)13-34-14-21/h5,7-11,13-16H,4,6H2,1-3H3,(H,35,39). The highest BCUT2D eigenvalue weighted by molar-refractivity contribution is 6.04. The van der Waals surface area contributed by atoms with E-state index >= 15 is 0 Å². The number of nitrogens with zero attached hydrogens (tertiary/aromatic N) is 5. The fourth-order valence-corrected chi connectivity index (χ4v) is 3.94. The van der Waals surface area contributed by atoms with Gasteiger partial charge in [0.1, 0.15) is 17.6 Å². The molecule has 0 spiro atoms. The number of halogens is 4. The molecule has 0 aliphatic heterocycles. The van der Waals surface area contributed by atoms with Crippen LogP contribution in [0.4, 0.5) is 23.2 Å². The lowest BCUT2D eigenvalue weighted by atomic mass is 9.99. The summed E-state index contributed by atoms with van der Waals surface area (Å²) in [6.07, 6.45) is 0.252. The first kappa shape index (κ1) is 27.4. The first-order chi connectivity index (χ1) is 18.5. The first-order valence-electron chi connectivity index (χ1n) is 12.1. The third-order valence-electron chi connectivity index (χ3n) is 6.08. The molecule has 0 atom stereocenters. The van der Waals surface area contributed by atoms with Gasteiger partial charge in [0.05, 0.1) is 23.0 Å². The number of carbonyl (C=O) groups is 1. The average Bonchev–Trinajstić information content (AvgIpc) is 3.38. The number of amides is 1. The van der Waals surface area contributed by atoms with E-state index in [0.29, 0.717) is 35.0 Å². The molecular formula is C28H24F4N6O. The van der Waals surface area contributed by atoms with Crippen LogP contribution < -0.4 is 5.32 Å². The zero-order valence-electron chi connectivity index (χ0n) is 21.3. The topological polar surface area (TPSA) is 96.5 Å². The van der Waals surface area contributed by atoms with E-state index < -0.39 is 23.5 Å². The average molecular weight is 537 g/mol. The van der Waals surface area contributed by atoms with Crippen LogP contribution in [0.3, 0.4) is 0 Å². The molecule has 0 unspecified atom stereocenters. The smallest absolute Gasteiger partial charge is 0.322 e. The maximum Gasteiger partial charge on any atom is 0.419 e. The largest absolute Gasteiger partial charge is 0.419 e. The second-order valence-corrected chi connectivity index (χ2v) is 9.51. The number of rotatable bonds is 7. The summed E-state index contributed by atoms with van der Waals surface area (Å²) in [5, 5.41) is 19.8. The predicted octanol–water partition coefficient (Wildman–Crippen LogP) is 6.51. The molecule has 0 radical (unpaired) electrons. The van der Waals surface area contributed by atoms with E-state index in [2.05, 4.69) is 20.6 Å². The lowest BCUT2D eigenvalue weighted by molar-refractivity contribution is -0.140. The van der Waals surface area contributed by atoms with Gasteiger partial charge in [-0.05, 0) is 67.1 Å². The van der Waals surface area contributed by atoms with Crippen LogP contribution in [0.25, 0.3) is 16.9 Å². The summed E-state index contributed by atoms with van der Waals surface area (Å²) >= 11 is 0. The number of nitrogens with one attached hydrogen (secondary N) is 1. The number of benzene rings is 2. The molecule has 2 aromatic carbocycles. The summed E-state index contributed by atoms with van der Waals surface area (Å²) in [6.45, 7) is 5.58. The zero-order chi connectivity index (χ0) is 28.3. The van der Waals surface area contributed by atoms with Crippen LogP contribution in [0.1, 0.15) is 52.9 Å². The van der Waals surface area contributed by atoms with Crippen molar-refractivity contribution in [1.29, 1.82) is 5.26 Å². The molecule has 0 aliphatic rings. The minimum absolute atomic E-state index is 0.104. The quantitative estimate of drug-likeness (QED) is 0.272. The van der Waals surface area contributed by atoms with Gasteiger partial charge in [0, 0.05) is 29.2 Å². The lowest BCUT2D eigenvalue weighted by Crippen LogP contribution is -2.16. The van der Waals surface area contributed by atoms with Crippen molar-refractivity contribution in [1.82, 2.24) is 20.0 Å². The molecule has 0 saturated heterocycles. The van der Waals surface area contributed by atoms with E-state index in [4.69, 9.17) is 5.26 Å². The monoisotopic (exact) mass is 536 g/mol. The SMILES string of the molecule is Cc1ccc(C(=O)Nc2cc(CCC(C)C)c(F)c(C(F)(F)F)c2)cc1-n1cc(-c2cncc(C#N)c2)nn1. The molecule has 1 amide bonds. The summed E-state index contributed by atoms with van der Waals surface area (Å²) in [5.74, 6) is -1.83. The molecule has 0 fully saturated rings. The van der Waals surface area contributed by atoms with Crippen molar-refractivity contribution >= 4 is 11.6 Å². The maximum absolute atomic E-state index is 14.6. The molecule has 7 nitrogen and oxygen atoms in total. The first-order valence-corrected chi connectivity index (χ1v) is 12.1. The van der Waals surface area contributed by atoms with Crippen molar-refractivity contribution in [2.75, 3.05) is 5.32 Å². The molecule has 0 aliphatic carbocycles. The summed E-state index contributed by atoms with van der Waals surface area (Å²) in [7, 11) is 0. The van der Waals surface area contributed by atoms with E-state index in [1.165, 1.54) is 29.1 Å². The number of pyridine rings is 1. The van der Waals surface area contributed by atoms with E-state index in [9.17, 15) is 22.4 Å². The molecule has 2 heterocycles. The third-order valence-corrected chi connectivity index (χ3v) is 6.08. The summed E-state index contributed by atoms with van der Waals surface area (Å²) in [5.41, 5.74) is 1.13. The van der Waals surface area contributed by atoms with Gasteiger partial charge in [-0.15, -0.1) is 5.10 Å². The van der Waals surface area contributed by atoms with Crippen LogP contribution in [-0.2, 0) is 12.6 Å². The van der Waals surface area contributed by atoms with Crippen molar-refractivity contribution in [2.45, 2.75) is 39.8 Å². The number of alkyl halides is 3. The minimum atomic E-state index is -4.92. The Labute approximate surface area is 222 Å². The number of aryl methyl sites for hydroxylation is 2. The van der Waals surface area contributed by atoms with Gasteiger partial charge in [-0.3, -0.25) is 9.78 Å². The van der Waals surface area contributed by atoms with Crippen molar-refractivity contribution in [3.05, 3.63) is 88.6 Å². The van der Waals surface area contributed by atoms with Crippen molar-refractivity contribution in [2.24, 2.45) is 5.92 Å². The fraction of sp³-hybridized carbons (Fsp3) is 0.250. The molecular weight excluding hydrogens is 512 g/mol. The zero-order valence-corrected chi connectivity index (χ0v) is 21.3. The Morgan fingerprint density at radius 1 is 1.15 bits per heavy atom. The van der Waals surface area contributed by atoms with Gasteiger partial charge >= 0.3 is 6.18 Å². The number of hydrogen-bond acceptors (Lipinski definition) is 5. The van der Waals surface area contributed by atoms with Crippen molar-refractivity contribution in [3.63, 3.8) is 0 Å². The van der Waals surface area contributed by atoms with Gasteiger partial charge in [0.25, 0.3) is 5.91 Å². The van der Waals surface area contributed by atoms with Crippen LogP contribution in [-0.4, -0.2) is 25.9 Å². The van der Waals surface area contributed by atoms with Gasteiger partial charge in [0.2, 0.25) is 0 Å². The van der Waals surface area contributed by atoms with Crippen LogP contribution in [0.2, 0.25) is 0 Å². The second kappa shape index (κ2) is 11.0.